The quantitative estimate of drug-likeness (QED) is 0.201. The van der Waals surface area contributed by atoms with Gasteiger partial charge in [-0.3, -0.25) is 0 Å². The van der Waals surface area contributed by atoms with E-state index in [1.165, 1.54) is 32.6 Å². The molecule has 10 aromatic rings. The average molecular weight is 589 g/mol. The van der Waals surface area contributed by atoms with Gasteiger partial charge in [-0.1, -0.05) is 84.9 Å². The molecule has 4 nitrogen and oxygen atoms in total. The van der Waals surface area contributed by atoms with Crippen LogP contribution in [0.1, 0.15) is 0 Å². The maximum Gasteiger partial charge on any atom is 0.160 e. The highest BCUT2D eigenvalue weighted by Crippen LogP contribution is 2.49. The van der Waals surface area contributed by atoms with Gasteiger partial charge in [-0.15, -0.1) is 0 Å². The minimum Gasteiger partial charge on any atom is -0.456 e. The summed E-state index contributed by atoms with van der Waals surface area (Å²) in [7, 11) is 0. The lowest BCUT2D eigenvalue weighted by molar-refractivity contribution is 0.478. The topological polar surface area (TPSA) is 32.2 Å². The van der Waals surface area contributed by atoms with Crippen LogP contribution in [-0.4, -0.2) is 9.13 Å². The first-order chi connectivity index (χ1) is 22.8. The van der Waals surface area contributed by atoms with Crippen LogP contribution in [0, 0.1) is 0 Å². The number of hydrogen-bond acceptors (Lipinski definition) is 2. The molecule has 0 saturated carbocycles. The minimum absolute atomic E-state index is 0.864. The molecule has 0 atom stereocenters. The largest absolute Gasteiger partial charge is 0.456 e. The number of rotatable bonds is 2. The van der Waals surface area contributed by atoms with E-state index < -0.39 is 0 Å². The van der Waals surface area contributed by atoms with Crippen LogP contribution in [-0.2, 0) is 0 Å². The summed E-state index contributed by atoms with van der Waals surface area (Å²) < 4.78 is 17.8. The van der Waals surface area contributed by atoms with Gasteiger partial charge in [0.15, 0.2) is 11.5 Å². The molecule has 7 aromatic carbocycles. The van der Waals surface area contributed by atoms with Crippen LogP contribution in [0.3, 0.4) is 0 Å². The molecule has 0 spiro atoms. The number of fused-ring (bicyclic) bond motifs is 12. The van der Waals surface area contributed by atoms with Gasteiger partial charge in [0.05, 0.1) is 33.1 Å². The van der Waals surface area contributed by atoms with Crippen LogP contribution in [0.25, 0.3) is 88.1 Å². The monoisotopic (exact) mass is 588 g/mol. The highest BCUT2D eigenvalue weighted by atomic mass is 16.5. The summed E-state index contributed by atoms with van der Waals surface area (Å²) in [6.07, 6.45) is 0. The van der Waals surface area contributed by atoms with E-state index in [0.29, 0.717) is 0 Å². The van der Waals surface area contributed by atoms with Crippen LogP contribution >= 0.6 is 0 Å². The smallest absolute Gasteiger partial charge is 0.160 e. The van der Waals surface area contributed by atoms with E-state index in [9.17, 15) is 0 Å². The summed E-state index contributed by atoms with van der Waals surface area (Å²) in [5, 5.41) is 7.14. The summed E-state index contributed by atoms with van der Waals surface area (Å²) in [5.74, 6) is 1.76. The molecular formula is C42H24N2O2. The Bertz CT molecular complexity index is 2880. The molecule has 0 unspecified atom stereocenters. The zero-order valence-corrected chi connectivity index (χ0v) is 24.6. The Morgan fingerprint density at radius 3 is 1.91 bits per heavy atom. The zero-order chi connectivity index (χ0) is 29.9. The maximum absolute atomic E-state index is 6.73. The van der Waals surface area contributed by atoms with Crippen molar-refractivity contribution in [2.75, 3.05) is 0 Å². The van der Waals surface area contributed by atoms with Crippen molar-refractivity contribution in [3.8, 4) is 34.0 Å². The molecule has 214 valence electrons. The molecule has 0 N–H and O–H groups in total. The van der Waals surface area contributed by atoms with Crippen molar-refractivity contribution >= 4 is 65.6 Å². The fraction of sp³-hybridized carbons (Fsp3) is 0. The van der Waals surface area contributed by atoms with Gasteiger partial charge < -0.3 is 18.3 Å². The van der Waals surface area contributed by atoms with Crippen LogP contribution in [0.2, 0.25) is 0 Å². The van der Waals surface area contributed by atoms with Crippen LogP contribution in [0.5, 0.6) is 11.5 Å². The number of para-hydroxylation sites is 5. The molecule has 0 radical (unpaired) electrons. The van der Waals surface area contributed by atoms with Gasteiger partial charge in [-0.05, 0) is 66.2 Å². The van der Waals surface area contributed by atoms with Crippen molar-refractivity contribution in [3.05, 3.63) is 146 Å². The number of ether oxygens (including phenoxy) is 1. The van der Waals surface area contributed by atoms with Gasteiger partial charge in [0.2, 0.25) is 0 Å². The first kappa shape index (κ1) is 24.1. The molecule has 4 heteroatoms. The Labute approximate surface area is 262 Å². The third kappa shape index (κ3) is 3.03. The molecular weight excluding hydrogens is 564 g/mol. The summed E-state index contributed by atoms with van der Waals surface area (Å²) in [6, 6.07) is 51.5. The van der Waals surface area contributed by atoms with Crippen molar-refractivity contribution in [1.82, 2.24) is 9.13 Å². The van der Waals surface area contributed by atoms with Crippen LogP contribution in [0.4, 0.5) is 0 Å². The third-order valence-corrected chi connectivity index (χ3v) is 9.72. The molecule has 11 rings (SSSR count). The SMILES string of the molecule is c1ccc2c(c1)Oc1c(-c3ccc(-n4c5ccccc5c5ccc6oc7ccccc7c6c54)cc3)ccc3c4ccccc4n-2c13. The number of furan rings is 1. The first-order valence-corrected chi connectivity index (χ1v) is 15.6. The third-order valence-electron chi connectivity index (χ3n) is 9.72. The lowest BCUT2D eigenvalue weighted by Crippen LogP contribution is -2.05. The van der Waals surface area contributed by atoms with Crippen LogP contribution < -0.4 is 4.74 Å². The summed E-state index contributed by atoms with van der Waals surface area (Å²) in [4.78, 5) is 0. The van der Waals surface area contributed by atoms with Gasteiger partial charge in [-0.2, -0.15) is 0 Å². The van der Waals surface area contributed by atoms with E-state index >= 15 is 0 Å². The summed E-state index contributed by atoms with van der Waals surface area (Å²) >= 11 is 0. The summed E-state index contributed by atoms with van der Waals surface area (Å²) in [5.41, 5.74) is 10.8. The molecule has 0 bridgehead atoms. The Hall–Kier alpha value is -6.26. The van der Waals surface area contributed by atoms with Gasteiger partial charge in [-0.25, -0.2) is 0 Å². The zero-order valence-electron chi connectivity index (χ0n) is 24.6. The number of nitrogens with zero attached hydrogens (tertiary/aromatic N) is 2. The van der Waals surface area contributed by atoms with Gasteiger partial charge >= 0.3 is 0 Å². The molecule has 46 heavy (non-hydrogen) atoms. The Morgan fingerprint density at radius 1 is 0.435 bits per heavy atom. The lowest BCUT2D eigenvalue weighted by atomic mass is 10.0. The maximum atomic E-state index is 6.73. The predicted molar refractivity (Wildman–Crippen MR) is 188 cm³/mol. The first-order valence-electron chi connectivity index (χ1n) is 15.6. The van der Waals surface area contributed by atoms with Crippen molar-refractivity contribution in [2.24, 2.45) is 0 Å². The molecule has 0 fully saturated rings. The molecule has 0 amide bonds. The van der Waals surface area contributed by atoms with Crippen molar-refractivity contribution in [1.29, 1.82) is 0 Å². The van der Waals surface area contributed by atoms with Crippen molar-refractivity contribution in [3.63, 3.8) is 0 Å². The highest BCUT2D eigenvalue weighted by molar-refractivity contribution is 6.24. The predicted octanol–water partition coefficient (Wildman–Crippen LogP) is 11.6. The van der Waals surface area contributed by atoms with E-state index in [0.717, 1.165) is 67.0 Å². The second-order valence-corrected chi connectivity index (χ2v) is 12.1. The highest BCUT2D eigenvalue weighted by Gasteiger charge is 2.26. The number of aromatic nitrogens is 2. The molecule has 0 saturated heterocycles. The normalized spacial score (nSPS) is 12.5. The number of hydrogen-bond donors (Lipinski definition) is 0. The van der Waals surface area contributed by atoms with E-state index in [4.69, 9.17) is 9.15 Å². The Balaban J connectivity index is 1.15. The Morgan fingerprint density at radius 2 is 1.09 bits per heavy atom. The molecule has 4 heterocycles. The second-order valence-electron chi connectivity index (χ2n) is 12.1. The van der Waals surface area contributed by atoms with Gasteiger partial charge in [0.25, 0.3) is 0 Å². The average Bonchev–Trinajstić information content (AvgIpc) is 3.77. The standard InChI is InChI=1S/C42H24N2O2/c1-4-12-33-28(9-1)30-23-24-38-39(32-11-3-7-15-36(32)45-38)40(30)43(33)26-19-17-25(18-20-26)27-21-22-31-29-10-2-5-13-34(29)44-35-14-6-8-16-37(35)46-42(27)41(31)44/h1-24H. The lowest BCUT2D eigenvalue weighted by Gasteiger charge is -2.23. The Kier molecular flexibility index (Phi) is 4.55. The molecule has 0 aliphatic carbocycles. The van der Waals surface area contributed by atoms with Crippen molar-refractivity contribution < 1.29 is 9.15 Å². The fourth-order valence-electron chi connectivity index (χ4n) is 7.77. The van der Waals surface area contributed by atoms with E-state index in [2.05, 4.69) is 137 Å². The summed E-state index contributed by atoms with van der Waals surface area (Å²) in [6.45, 7) is 0. The molecule has 3 aromatic heterocycles. The van der Waals surface area contributed by atoms with E-state index in [1.807, 2.05) is 18.2 Å². The van der Waals surface area contributed by atoms with Gasteiger partial charge in [0, 0.05) is 38.2 Å². The van der Waals surface area contributed by atoms with Gasteiger partial charge in [0.1, 0.15) is 11.2 Å². The van der Waals surface area contributed by atoms with Crippen molar-refractivity contribution in [2.45, 2.75) is 0 Å². The molecule has 1 aliphatic rings. The van der Waals surface area contributed by atoms with E-state index in [1.54, 1.807) is 0 Å². The second kappa shape index (κ2) is 8.68. The van der Waals surface area contributed by atoms with E-state index in [-0.39, 0.29) is 0 Å². The number of benzene rings is 7. The molecule has 1 aliphatic heterocycles. The fourth-order valence-corrected chi connectivity index (χ4v) is 7.77. The van der Waals surface area contributed by atoms with Crippen LogP contribution in [0.15, 0.2) is 150 Å². The minimum atomic E-state index is 0.864.